The van der Waals surface area contributed by atoms with Crippen LogP contribution in [0.5, 0.6) is 0 Å². The molecule has 0 radical (unpaired) electrons. The predicted molar refractivity (Wildman–Crippen MR) is 69.8 cm³/mol. The van der Waals surface area contributed by atoms with E-state index in [0.717, 1.165) is 0 Å². The third-order valence-electron chi connectivity index (χ3n) is 2.41. The average molecular weight is 248 g/mol. The maximum Gasteiger partial charge on any atom is 0.236 e. The molecule has 0 fully saturated rings. The molecule has 0 bridgehead atoms. The molecule has 1 unspecified atom stereocenters. The Kier molecular flexibility index (Phi) is 7.03. The van der Waals surface area contributed by atoms with E-state index in [9.17, 15) is 9.90 Å². The Morgan fingerprint density at radius 3 is 2.56 bits per heavy atom. The zero-order chi connectivity index (χ0) is 12.8. The molecule has 16 heavy (non-hydrogen) atoms. The minimum absolute atomic E-state index is 0.0509. The summed E-state index contributed by atoms with van der Waals surface area (Å²) in [5.74, 6) is 0.712. The first kappa shape index (κ1) is 15.7. The van der Waals surface area contributed by atoms with E-state index < -0.39 is 5.60 Å². The van der Waals surface area contributed by atoms with Gasteiger partial charge in [-0.15, -0.1) is 0 Å². The predicted octanol–water partition coefficient (Wildman–Crippen LogP) is 0.557. The lowest BCUT2D eigenvalue weighted by atomic mass is 10.1. The van der Waals surface area contributed by atoms with E-state index in [0.29, 0.717) is 12.3 Å². The highest BCUT2D eigenvalue weighted by Crippen LogP contribution is 2.08. The van der Waals surface area contributed by atoms with Crippen LogP contribution < -0.4 is 5.32 Å². The molecule has 0 heterocycles. The largest absolute Gasteiger partial charge is 0.388 e. The van der Waals surface area contributed by atoms with Gasteiger partial charge in [0.1, 0.15) is 0 Å². The van der Waals surface area contributed by atoms with Crippen molar-refractivity contribution >= 4 is 17.7 Å². The number of rotatable bonds is 7. The summed E-state index contributed by atoms with van der Waals surface area (Å²) >= 11 is 1.59. The number of amides is 1. The molecule has 1 amide bonds. The SMILES string of the molecule is CSCC(C)(O)CNCC(=O)N(C)C(C)C. The normalized spacial score (nSPS) is 14.9. The Hall–Kier alpha value is -0.260. The zero-order valence-electron chi connectivity index (χ0n) is 10.9. The van der Waals surface area contributed by atoms with Crippen molar-refractivity contribution in [2.45, 2.75) is 32.4 Å². The van der Waals surface area contributed by atoms with Crippen molar-refractivity contribution in [3.8, 4) is 0 Å². The van der Waals surface area contributed by atoms with Gasteiger partial charge in [0.2, 0.25) is 5.91 Å². The first-order valence-electron chi connectivity index (χ1n) is 5.48. The second-order valence-electron chi connectivity index (χ2n) is 4.63. The fraction of sp³-hybridized carbons (Fsp3) is 0.909. The number of hydrogen-bond donors (Lipinski definition) is 2. The molecule has 0 spiro atoms. The lowest BCUT2D eigenvalue weighted by molar-refractivity contribution is -0.130. The summed E-state index contributed by atoms with van der Waals surface area (Å²) in [7, 11) is 1.79. The fourth-order valence-electron chi connectivity index (χ4n) is 1.21. The van der Waals surface area contributed by atoms with E-state index in [1.807, 2.05) is 20.1 Å². The van der Waals surface area contributed by atoms with Crippen LogP contribution in [0.25, 0.3) is 0 Å². The first-order chi connectivity index (χ1) is 7.30. The highest BCUT2D eigenvalue weighted by molar-refractivity contribution is 7.98. The van der Waals surface area contributed by atoms with Crippen molar-refractivity contribution < 1.29 is 9.90 Å². The molecule has 0 aliphatic carbocycles. The van der Waals surface area contributed by atoms with Gasteiger partial charge in [0, 0.05) is 25.4 Å². The number of aliphatic hydroxyl groups is 1. The number of nitrogens with one attached hydrogen (secondary N) is 1. The van der Waals surface area contributed by atoms with E-state index >= 15 is 0 Å². The number of thioether (sulfide) groups is 1. The molecule has 5 heteroatoms. The quantitative estimate of drug-likeness (QED) is 0.691. The van der Waals surface area contributed by atoms with Crippen molar-refractivity contribution in [1.82, 2.24) is 10.2 Å². The van der Waals surface area contributed by atoms with Crippen molar-refractivity contribution in [3.63, 3.8) is 0 Å². The topological polar surface area (TPSA) is 52.6 Å². The standard InChI is InChI=1S/C11H24N2O2S/c1-9(2)13(4)10(14)6-12-7-11(3,15)8-16-5/h9,12,15H,6-8H2,1-5H3. The number of carbonyl (C=O) groups is 1. The second kappa shape index (κ2) is 7.14. The van der Waals surface area contributed by atoms with Gasteiger partial charge in [-0.05, 0) is 27.0 Å². The third kappa shape index (κ3) is 6.35. The van der Waals surface area contributed by atoms with Crippen LogP contribution in [0.15, 0.2) is 0 Å². The van der Waals surface area contributed by atoms with Gasteiger partial charge in [-0.25, -0.2) is 0 Å². The lowest BCUT2D eigenvalue weighted by Gasteiger charge is -2.25. The van der Waals surface area contributed by atoms with Gasteiger partial charge < -0.3 is 15.3 Å². The third-order valence-corrected chi connectivity index (χ3v) is 3.32. The number of likely N-dealkylation sites (N-methyl/N-ethyl adjacent to an activating group) is 1. The molecule has 0 aliphatic rings. The van der Waals surface area contributed by atoms with Gasteiger partial charge in [-0.1, -0.05) is 0 Å². The number of nitrogens with zero attached hydrogens (tertiary/aromatic N) is 1. The van der Waals surface area contributed by atoms with E-state index in [1.165, 1.54) is 0 Å². The van der Waals surface area contributed by atoms with E-state index in [1.54, 1.807) is 30.6 Å². The molecule has 0 aromatic heterocycles. The molecular formula is C11H24N2O2S. The Morgan fingerprint density at radius 1 is 1.56 bits per heavy atom. The summed E-state index contributed by atoms with van der Waals surface area (Å²) < 4.78 is 0. The molecular weight excluding hydrogens is 224 g/mol. The molecule has 0 aromatic rings. The van der Waals surface area contributed by atoms with Gasteiger partial charge in [0.15, 0.2) is 0 Å². The highest BCUT2D eigenvalue weighted by Gasteiger charge is 2.20. The molecule has 0 aromatic carbocycles. The molecule has 0 rings (SSSR count). The molecule has 2 N–H and O–H groups in total. The summed E-state index contributed by atoms with van der Waals surface area (Å²) in [4.78, 5) is 13.3. The molecule has 0 aliphatic heterocycles. The fourth-order valence-corrected chi connectivity index (χ4v) is 1.94. The minimum atomic E-state index is -0.754. The zero-order valence-corrected chi connectivity index (χ0v) is 11.7. The molecule has 4 nitrogen and oxygen atoms in total. The summed E-state index contributed by atoms with van der Waals surface area (Å²) in [5, 5.41) is 12.9. The van der Waals surface area contributed by atoms with Crippen molar-refractivity contribution in [2.75, 3.05) is 32.1 Å². The van der Waals surface area contributed by atoms with Crippen LogP contribution in [0.1, 0.15) is 20.8 Å². The second-order valence-corrected chi connectivity index (χ2v) is 5.50. The smallest absolute Gasteiger partial charge is 0.236 e. The van der Waals surface area contributed by atoms with Crippen molar-refractivity contribution in [2.24, 2.45) is 0 Å². The molecule has 0 saturated heterocycles. The monoisotopic (exact) mass is 248 g/mol. The van der Waals surface area contributed by atoms with Crippen LogP contribution >= 0.6 is 11.8 Å². The van der Waals surface area contributed by atoms with Crippen LogP contribution in [0, 0.1) is 0 Å². The first-order valence-corrected chi connectivity index (χ1v) is 6.87. The van der Waals surface area contributed by atoms with Gasteiger partial charge >= 0.3 is 0 Å². The molecule has 96 valence electrons. The van der Waals surface area contributed by atoms with Crippen molar-refractivity contribution in [3.05, 3.63) is 0 Å². The Bertz CT molecular complexity index is 220. The summed E-state index contributed by atoms with van der Waals surface area (Å²) in [6.07, 6.45) is 1.95. The van der Waals surface area contributed by atoms with Crippen molar-refractivity contribution in [1.29, 1.82) is 0 Å². The Labute approximate surface area is 103 Å². The van der Waals surface area contributed by atoms with Crippen LogP contribution in [0.2, 0.25) is 0 Å². The van der Waals surface area contributed by atoms with Crippen LogP contribution in [0.4, 0.5) is 0 Å². The summed E-state index contributed by atoms with van der Waals surface area (Å²) in [6, 6.07) is 0.209. The average Bonchev–Trinajstić information content (AvgIpc) is 2.15. The van der Waals surface area contributed by atoms with Crippen LogP contribution in [-0.4, -0.2) is 59.7 Å². The lowest BCUT2D eigenvalue weighted by Crippen LogP contribution is -2.45. The van der Waals surface area contributed by atoms with Gasteiger partial charge in [-0.3, -0.25) is 4.79 Å². The summed E-state index contributed by atoms with van der Waals surface area (Å²) in [5.41, 5.74) is -0.754. The maximum atomic E-state index is 11.6. The molecule has 1 atom stereocenters. The van der Waals surface area contributed by atoms with E-state index in [4.69, 9.17) is 0 Å². The van der Waals surface area contributed by atoms with E-state index in [-0.39, 0.29) is 18.5 Å². The Morgan fingerprint density at radius 2 is 2.12 bits per heavy atom. The van der Waals surface area contributed by atoms with Gasteiger partial charge in [0.05, 0.1) is 12.1 Å². The highest BCUT2D eigenvalue weighted by atomic mass is 32.2. The molecule has 0 saturated carbocycles. The van der Waals surface area contributed by atoms with Crippen LogP contribution in [0.3, 0.4) is 0 Å². The van der Waals surface area contributed by atoms with Gasteiger partial charge in [0.25, 0.3) is 0 Å². The number of hydrogen-bond acceptors (Lipinski definition) is 4. The van der Waals surface area contributed by atoms with Gasteiger partial charge in [-0.2, -0.15) is 11.8 Å². The minimum Gasteiger partial charge on any atom is -0.388 e. The maximum absolute atomic E-state index is 11.6. The summed E-state index contributed by atoms with van der Waals surface area (Å²) in [6.45, 7) is 6.43. The van der Waals surface area contributed by atoms with Crippen LogP contribution in [-0.2, 0) is 4.79 Å². The van der Waals surface area contributed by atoms with E-state index in [2.05, 4.69) is 5.32 Å². The number of carbonyl (C=O) groups excluding carboxylic acids is 1. The Balaban J connectivity index is 3.86.